The minimum Gasteiger partial charge on any atom is -0.330 e. The summed E-state index contributed by atoms with van der Waals surface area (Å²) in [7, 11) is 0. The molecule has 88 valence electrons. The minimum atomic E-state index is 0.289. The molecule has 0 spiro atoms. The molecule has 3 heteroatoms. The molecule has 0 saturated carbocycles. The molecule has 0 aliphatic rings. The van der Waals surface area contributed by atoms with Gasteiger partial charge in [0.1, 0.15) is 0 Å². The zero-order valence-electron chi connectivity index (χ0n) is 9.51. The van der Waals surface area contributed by atoms with Crippen molar-refractivity contribution < 1.29 is 0 Å². The Hall–Kier alpha value is -1.19. The van der Waals surface area contributed by atoms with Gasteiger partial charge in [-0.2, -0.15) is 0 Å². The van der Waals surface area contributed by atoms with Gasteiger partial charge in [0.05, 0.1) is 0 Å². The van der Waals surface area contributed by atoms with E-state index in [1.165, 1.54) is 5.56 Å². The number of nitrogens with zero attached hydrogens (tertiary/aromatic N) is 1. The highest BCUT2D eigenvalue weighted by Crippen LogP contribution is 2.19. The van der Waals surface area contributed by atoms with Crippen molar-refractivity contribution in [1.82, 2.24) is 4.98 Å². The Morgan fingerprint density at radius 2 is 1.88 bits per heavy atom. The molecule has 2 nitrogen and oxygen atoms in total. The summed E-state index contributed by atoms with van der Waals surface area (Å²) < 4.78 is 1.10. The van der Waals surface area contributed by atoms with E-state index in [1.54, 1.807) is 0 Å². The molecular formula is C14H15BrN2. The molecule has 0 amide bonds. The molecule has 1 atom stereocenters. The van der Waals surface area contributed by atoms with Crippen molar-refractivity contribution in [2.75, 3.05) is 6.54 Å². The third-order valence-corrected chi connectivity index (χ3v) is 3.31. The molecule has 2 rings (SSSR count). The summed E-state index contributed by atoms with van der Waals surface area (Å²) in [6.07, 6.45) is 2.75. The van der Waals surface area contributed by atoms with E-state index in [1.807, 2.05) is 24.4 Å². The SMILES string of the molecule is NCC(Cc1ccc(Br)cc1)c1ccccn1. The fourth-order valence-corrected chi connectivity index (χ4v) is 2.10. The van der Waals surface area contributed by atoms with E-state index in [-0.39, 0.29) is 5.92 Å². The smallest absolute Gasteiger partial charge is 0.0450 e. The fraction of sp³-hybridized carbons (Fsp3) is 0.214. The molecule has 1 aromatic heterocycles. The number of hydrogen-bond acceptors (Lipinski definition) is 2. The number of halogens is 1. The van der Waals surface area contributed by atoms with Crippen LogP contribution in [0.2, 0.25) is 0 Å². The summed E-state index contributed by atoms with van der Waals surface area (Å²) in [4.78, 5) is 4.37. The van der Waals surface area contributed by atoms with Crippen molar-refractivity contribution in [3.05, 3.63) is 64.4 Å². The molecule has 0 radical (unpaired) electrons. The van der Waals surface area contributed by atoms with Gasteiger partial charge in [-0.3, -0.25) is 4.98 Å². The van der Waals surface area contributed by atoms with Gasteiger partial charge in [-0.1, -0.05) is 34.1 Å². The Bertz CT molecular complexity index is 453. The van der Waals surface area contributed by atoms with Crippen molar-refractivity contribution in [3.63, 3.8) is 0 Å². The van der Waals surface area contributed by atoms with Gasteiger partial charge < -0.3 is 5.73 Å². The monoisotopic (exact) mass is 290 g/mol. The molecule has 0 aliphatic carbocycles. The van der Waals surface area contributed by atoms with Crippen LogP contribution in [-0.4, -0.2) is 11.5 Å². The van der Waals surface area contributed by atoms with Gasteiger partial charge in [-0.15, -0.1) is 0 Å². The molecule has 0 bridgehead atoms. The number of rotatable bonds is 4. The van der Waals surface area contributed by atoms with E-state index < -0.39 is 0 Å². The minimum absolute atomic E-state index is 0.289. The van der Waals surface area contributed by atoms with Crippen LogP contribution >= 0.6 is 15.9 Å². The number of hydrogen-bond donors (Lipinski definition) is 1. The van der Waals surface area contributed by atoms with Crippen LogP contribution in [0.25, 0.3) is 0 Å². The zero-order chi connectivity index (χ0) is 12.1. The van der Waals surface area contributed by atoms with Crippen LogP contribution in [0.1, 0.15) is 17.2 Å². The van der Waals surface area contributed by atoms with Crippen LogP contribution in [0.5, 0.6) is 0 Å². The lowest BCUT2D eigenvalue weighted by Gasteiger charge is -2.14. The second-order valence-corrected chi connectivity index (χ2v) is 4.93. The lowest BCUT2D eigenvalue weighted by atomic mass is 9.96. The predicted octanol–water partition coefficient (Wildman–Crippen LogP) is 3.13. The average Bonchev–Trinajstić information content (AvgIpc) is 2.39. The van der Waals surface area contributed by atoms with Gasteiger partial charge in [-0.05, 0) is 36.2 Å². The first-order chi connectivity index (χ1) is 8.29. The standard InChI is InChI=1S/C14H15BrN2/c15-13-6-4-11(5-7-13)9-12(10-16)14-3-1-2-8-17-14/h1-8,12H,9-10,16H2. The van der Waals surface area contributed by atoms with E-state index >= 15 is 0 Å². The van der Waals surface area contributed by atoms with Crippen molar-refractivity contribution in [1.29, 1.82) is 0 Å². The van der Waals surface area contributed by atoms with Gasteiger partial charge in [0.25, 0.3) is 0 Å². The van der Waals surface area contributed by atoms with Gasteiger partial charge in [0, 0.05) is 28.8 Å². The van der Waals surface area contributed by atoms with Crippen molar-refractivity contribution >= 4 is 15.9 Å². The number of benzene rings is 1. The highest BCUT2D eigenvalue weighted by molar-refractivity contribution is 9.10. The van der Waals surface area contributed by atoms with E-state index in [4.69, 9.17) is 5.73 Å². The molecule has 0 saturated heterocycles. The maximum Gasteiger partial charge on any atom is 0.0450 e. The third kappa shape index (κ3) is 3.38. The Morgan fingerprint density at radius 1 is 1.12 bits per heavy atom. The second kappa shape index (κ2) is 5.94. The van der Waals surface area contributed by atoms with E-state index in [2.05, 4.69) is 45.2 Å². The van der Waals surface area contributed by atoms with Gasteiger partial charge >= 0.3 is 0 Å². The van der Waals surface area contributed by atoms with Crippen molar-refractivity contribution in [2.45, 2.75) is 12.3 Å². The lowest BCUT2D eigenvalue weighted by Crippen LogP contribution is -2.16. The summed E-state index contributed by atoms with van der Waals surface area (Å²) in [5, 5.41) is 0. The molecule has 1 heterocycles. The van der Waals surface area contributed by atoms with Crippen molar-refractivity contribution in [3.8, 4) is 0 Å². The molecule has 0 fully saturated rings. The zero-order valence-corrected chi connectivity index (χ0v) is 11.1. The summed E-state index contributed by atoms with van der Waals surface area (Å²) >= 11 is 3.44. The Labute approximate surface area is 110 Å². The highest BCUT2D eigenvalue weighted by atomic mass is 79.9. The Morgan fingerprint density at radius 3 is 2.47 bits per heavy atom. The first-order valence-corrected chi connectivity index (χ1v) is 6.44. The second-order valence-electron chi connectivity index (χ2n) is 4.02. The van der Waals surface area contributed by atoms with Crippen LogP contribution in [0.15, 0.2) is 53.1 Å². The predicted molar refractivity (Wildman–Crippen MR) is 73.9 cm³/mol. The van der Waals surface area contributed by atoms with Crippen molar-refractivity contribution in [2.24, 2.45) is 5.73 Å². The number of aromatic nitrogens is 1. The number of pyridine rings is 1. The lowest BCUT2D eigenvalue weighted by molar-refractivity contribution is 0.672. The summed E-state index contributed by atoms with van der Waals surface area (Å²) in [6, 6.07) is 14.3. The molecule has 0 aliphatic heterocycles. The van der Waals surface area contributed by atoms with Crippen LogP contribution in [0.4, 0.5) is 0 Å². The molecule has 2 aromatic rings. The topological polar surface area (TPSA) is 38.9 Å². The Balaban J connectivity index is 2.13. The van der Waals surface area contributed by atoms with Crippen LogP contribution in [0, 0.1) is 0 Å². The molecule has 1 aromatic carbocycles. The Kier molecular flexibility index (Phi) is 4.29. The van der Waals surface area contributed by atoms with E-state index in [0.717, 1.165) is 16.6 Å². The molecule has 1 unspecified atom stereocenters. The average molecular weight is 291 g/mol. The molecule has 17 heavy (non-hydrogen) atoms. The summed E-state index contributed by atoms with van der Waals surface area (Å²) in [6.45, 7) is 0.618. The number of nitrogens with two attached hydrogens (primary N) is 1. The third-order valence-electron chi connectivity index (χ3n) is 2.79. The maximum atomic E-state index is 5.83. The summed E-state index contributed by atoms with van der Waals surface area (Å²) in [5.74, 6) is 0.289. The molecule has 2 N–H and O–H groups in total. The normalized spacial score (nSPS) is 12.4. The highest BCUT2D eigenvalue weighted by Gasteiger charge is 2.11. The quantitative estimate of drug-likeness (QED) is 0.940. The van der Waals surface area contributed by atoms with E-state index in [9.17, 15) is 0 Å². The molecular weight excluding hydrogens is 276 g/mol. The van der Waals surface area contributed by atoms with Gasteiger partial charge in [0.2, 0.25) is 0 Å². The van der Waals surface area contributed by atoms with Gasteiger partial charge in [0.15, 0.2) is 0 Å². The summed E-state index contributed by atoms with van der Waals surface area (Å²) in [5.41, 5.74) is 8.19. The first kappa shape index (κ1) is 12.3. The van der Waals surface area contributed by atoms with E-state index in [0.29, 0.717) is 6.54 Å². The van der Waals surface area contributed by atoms with Gasteiger partial charge in [-0.25, -0.2) is 0 Å². The maximum absolute atomic E-state index is 5.83. The largest absolute Gasteiger partial charge is 0.330 e. The first-order valence-electron chi connectivity index (χ1n) is 5.65. The fourth-order valence-electron chi connectivity index (χ4n) is 1.83. The van der Waals surface area contributed by atoms with Crippen LogP contribution in [-0.2, 0) is 6.42 Å². The van der Waals surface area contributed by atoms with Crippen LogP contribution in [0.3, 0.4) is 0 Å². The van der Waals surface area contributed by atoms with Crippen LogP contribution < -0.4 is 5.73 Å².